The Hall–Kier alpha value is -2.60. The molecule has 0 atom stereocenters. The van der Waals surface area contributed by atoms with Crippen LogP contribution in [0.4, 0.5) is 0 Å². The average molecular weight is 425 g/mol. The zero-order valence-corrected chi connectivity index (χ0v) is 18.2. The van der Waals surface area contributed by atoms with Crippen molar-refractivity contribution in [2.75, 3.05) is 19.7 Å². The number of likely N-dealkylation sites (tertiary alicyclic amines) is 1. The van der Waals surface area contributed by atoms with Crippen molar-refractivity contribution in [2.45, 2.75) is 45.1 Å². The van der Waals surface area contributed by atoms with Crippen molar-refractivity contribution in [1.82, 2.24) is 9.88 Å². The largest absolute Gasteiger partial charge is 0.494 e. The summed E-state index contributed by atoms with van der Waals surface area (Å²) in [5.41, 5.74) is 1.68. The molecule has 4 rings (SSSR count). The first-order valence-corrected chi connectivity index (χ1v) is 11.6. The topological polar surface area (TPSA) is 51.7 Å². The molecule has 1 aromatic heterocycles. The highest BCUT2D eigenvalue weighted by Crippen LogP contribution is 2.29. The molecular formula is C24H28N2O3S. The van der Waals surface area contributed by atoms with Crippen molar-refractivity contribution < 1.29 is 14.3 Å². The third-order valence-electron chi connectivity index (χ3n) is 5.39. The zero-order valence-electron chi connectivity index (χ0n) is 17.4. The standard InChI is InChI=1S/C24H28N2O3S/c1-2-3-6-17-28-19-11-9-18(10-12-19)23(27)26-15-13-20(14-16-26)29-24-25-21-7-4-5-8-22(21)30-24/h4-5,7-12,20H,2-3,6,13-17H2,1H3. The molecule has 2 aromatic carbocycles. The zero-order chi connectivity index (χ0) is 20.8. The van der Waals surface area contributed by atoms with Crippen molar-refractivity contribution in [3.05, 3.63) is 54.1 Å². The van der Waals surface area contributed by atoms with Crippen LogP contribution in [0.2, 0.25) is 0 Å². The number of carbonyl (C=O) groups excluding carboxylic acids is 1. The molecule has 1 aliphatic heterocycles. The molecule has 6 heteroatoms. The minimum atomic E-state index is 0.0750. The van der Waals surface area contributed by atoms with E-state index in [1.807, 2.05) is 47.4 Å². The molecule has 1 fully saturated rings. The van der Waals surface area contributed by atoms with Crippen LogP contribution in [0, 0.1) is 0 Å². The Morgan fingerprint density at radius 3 is 2.60 bits per heavy atom. The molecule has 0 saturated carbocycles. The number of aromatic nitrogens is 1. The van der Waals surface area contributed by atoms with Gasteiger partial charge in [0, 0.05) is 31.5 Å². The van der Waals surface area contributed by atoms with Crippen molar-refractivity contribution in [3.8, 4) is 10.9 Å². The molecule has 30 heavy (non-hydrogen) atoms. The lowest BCUT2D eigenvalue weighted by atomic mass is 10.1. The third kappa shape index (κ3) is 5.11. The van der Waals surface area contributed by atoms with Gasteiger partial charge in [-0.1, -0.05) is 43.2 Å². The summed E-state index contributed by atoms with van der Waals surface area (Å²) in [4.78, 5) is 19.3. The maximum atomic E-state index is 12.8. The van der Waals surface area contributed by atoms with E-state index < -0.39 is 0 Å². The maximum absolute atomic E-state index is 12.8. The van der Waals surface area contributed by atoms with Gasteiger partial charge >= 0.3 is 0 Å². The van der Waals surface area contributed by atoms with Gasteiger partial charge in [-0.25, -0.2) is 4.98 Å². The number of piperidine rings is 1. The highest BCUT2D eigenvalue weighted by Gasteiger charge is 2.25. The predicted octanol–water partition coefficient (Wildman–Crippen LogP) is 5.55. The van der Waals surface area contributed by atoms with Crippen molar-refractivity contribution in [3.63, 3.8) is 0 Å². The van der Waals surface area contributed by atoms with E-state index in [1.165, 1.54) is 12.8 Å². The number of benzene rings is 2. The Balaban J connectivity index is 1.26. The van der Waals surface area contributed by atoms with Gasteiger partial charge in [0.1, 0.15) is 11.9 Å². The van der Waals surface area contributed by atoms with Crippen LogP contribution in [0.1, 0.15) is 49.4 Å². The highest BCUT2D eigenvalue weighted by molar-refractivity contribution is 7.20. The third-order valence-corrected chi connectivity index (χ3v) is 6.32. The van der Waals surface area contributed by atoms with Crippen LogP contribution in [0.15, 0.2) is 48.5 Å². The Labute approximate surface area is 181 Å². The lowest BCUT2D eigenvalue weighted by molar-refractivity contribution is 0.0595. The number of para-hydroxylation sites is 1. The van der Waals surface area contributed by atoms with Gasteiger partial charge in [-0.05, 0) is 42.8 Å². The van der Waals surface area contributed by atoms with Gasteiger partial charge in [-0.2, -0.15) is 0 Å². The van der Waals surface area contributed by atoms with E-state index >= 15 is 0 Å². The SMILES string of the molecule is CCCCCOc1ccc(C(=O)N2CCC(Oc3nc4ccccc4s3)CC2)cc1. The highest BCUT2D eigenvalue weighted by atomic mass is 32.1. The van der Waals surface area contributed by atoms with E-state index in [0.29, 0.717) is 18.7 Å². The van der Waals surface area contributed by atoms with E-state index in [4.69, 9.17) is 9.47 Å². The monoisotopic (exact) mass is 424 g/mol. The second kappa shape index (κ2) is 9.94. The molecule has 1 aliphatic rings. The fourth-order valence-corrected chi connectivity index (χ4v) is 4.52. The van der Waals surface area contributed by atoms with Gasteiger partial charge < -0.3 is 14.4 Å². The van der Waals surface area contributed by atoms with E-state index in [-0.39, 0.29) is 12.0 Å². The number of unbranched alkanes of at least 4 members (excludes halogenated alkanes) is 2. The molecule has 5 nitrogen and oxygen atoms in total. The minimum absolute atomic E-state index is 0.0750. The Kier molecular flexibility index (Phi) is 6.84. The second-order valence-electron chi connectivity index (χ2n) is 7.64. The first-order chi connectivity index (χ1) is 14.7. The molecule has 1 amide bonds. The normalized spacial score (nSPS) is 14.8. The molecule has 0 spiro atoms. The molecule has 3 aromatic rings. The minimum Gasteiger partial charge on any atom is -0.494 e. The number of ether oxygens (including phenoxy) is 2. The van der Waals surface area contributed by atoms with Crippen LogP contribution in [0.5, 0.6) is 10.9 Å². The number of fused-ring (bicyclic) bond motifs is 1. The van der Waals surface area contributed by atoms with E-state index in [0.717, 1.165) is 47.0 Å². The average Bonchev–Trinajstić information content (AvgIpc) is 3.19. The first kappa shape index (κ1) is 20.7. The van der Waals surface area contributed by atoms with Crippen molar-refractivity contribution in [2.24, 2.45) is 0 Å². The Morgan fingerprint density at radius 2 is 1.87 bits per heavy atom. The van der Waals surface area contributed by atoms with Crippen molar-refractivity contribution in [1.29, 1.82) is 0 Å². The number of thiazole rings is 1. The summed E-state index contributed by atoms with van der Waals surface area (Å²) in [6.07, 6.45) is 5.16. The van der Waals surface area contributed by atoms with Gasteiger partial charge in [0.25, 0.3) is 11.1 Å². The molecule has 0 radical (unpaired) electrons. The van der Waals surface area contributed by atoms with E-state index in [2.05, 4.69) is 18.0 Å². The van der Waals surface area contributed by atoms with Gasteiger partial charge in [0.05, 0.1) is 16.8 Å². The lowest BCUT2D eigenvalue weighted by Gasteiger charge is -2.31. The summed E-state index contributed by atoms with van der Waals surface area (Å²) < 4.78 is 13.0. The van der Waals surface area contributed by atoms with Crippen LogP contribution in [-0.4, -0.2) is 41.6 Å². The van der Waals surface area contributed by atoms with Gasteiger partial charge in [-0.15, -0.1) is 0 Å². The number of rotatable bonds is 8. The molecule has 2 heterocycles. The molecule has 158 valence electrons. The quantitative estimate of drug-likeness (QED) is 0.445. The molecular weight excluding hydrogens is 396 g/mol. The van der Waals surface area contributed by atoms with Crippen LogP contribution >= 0.6 is 11.3 Å². The summed E-state index contributed by atoms with van der Waals surface area (Å²) in [5.74, 6) is 0.900. The lowest BCUT2D eigenvalue weighted by Crippen LogP contribution is -2.41. The maximum Gasteiger partial charge on any atom is 0.274 e. The molecule has 0 N–H and O–H groups in total. The second-order valence-corrected chi connectivity index (χ2v) is 8.63. The fourth-order valence-electron chi connectivity index (χ4n) is 3.64. The van der Waals surface area contributed by atoms with Crippen LogP contribution in [0.25, 0.3) is 10.2 Å². The summed E-state index contributed by atoms with van der Waals surface area (Å²) in [7, 11) is 0. The Bertz CT molecular complexity index is 929. The van der Waals surface area contributed by atoms with Gasteiger partial charge in [0.15, 0.2) is 0 Å². The van der Waals surface area contributed by atoms with Crippen molar-refractivity contribution >= 4 is 27.5 Å². The Morgan fingerprint density at radius 1 is 1.10 bits per heavy atom. The number of nitrogens with zero attached hydrogens (tertiary/aromatic N) is 2. The number of hydrogen-bond acceptors (Lipinski definition) is 5. The van der Waals surface area contributed by atoms with Gasteiger partial charge in [0.2, 0.25) is 0 Å². The predicted molar refractivity (Wildman–Crippen MR) is 121 cm³/mol. The summed E-state index contributed by atoms with van der Waals surface area (Å²) in [6.45, 7) is 4.30. The summed E-state index contributed by atoms with van der Waals surface area (Å²) in [5, 5.41) is 0.718. The number of amides is 1. The first-order valence-electron chi connectivity index (χ1n) is 10.8. The van der Waals surface area contributed by atoms with Crippen LogP contribution in [0.3, 0.4) is 0 Å². The molecule has 0 unspecified atom stereocenters. The summed E-state index contributed by atoms with van der Waals surface area (Å²) in [6, 6.07) is 15.6. The smallest absolute Gasteiger partial charge is 0.274 e. The fraction of sp³-hybridized carbons (Fsp3) is 0.417. The van der Waals surface area contributed by atoms with E-state index in [1.54, 1.807) is 11.3 Å². The van der Waals surface area contributed by atoms with E-state index in [9.17, 15) is 4.79 Å². The summed E-state index contributed by atoms with van der Waals surface area (Å²) >= 11 is 1.58. The molecule has 0 bridgehead atoms. The van der Waals surface area contributed by atoms with Gasteiger partial charge in [-0.3, -0.25) is 4.79 Å². The molecule has 0 aliphatic carbocycles. The van der Waals surface area contributed by atoms with Crippen LogP contribution < -0.4 is 9.47 Å². The van der Waals surface area contributed by atoms with Crippen LogP contribution in [-0.2, 0) is 0 Å². The number of carbonyl (C=O) groups is 1. The molecule has 1 saturated heterocycles. The number of hydrogen-bond donors (Lipinski definition) is 0.